The fourth-order valence-corrected chi connectivity index (χ4v) is 13.9. The van der Waals surface area contributed by atoms with Crippen molar-refractivity contribution in [3.05, 3.63) is 82.6 Å². The van der Waals surface area contributed by atoms with Gasteiger partial charge in [0.1, 0.15) is 29.0 Å². The highest BCUT2D eigenvalue weighted by Crippen LogP contribution is 2.68. The van der Waals surface area contributed by atoms with Gasteiger partial charge in [-0.15, -0.1) is 0 Å². The molecule has 2 saturated carbocycles. The standard InChI is InChI=1S/C50H63N5O8/c1-7-31-23-32-26-49(45(57)61-6,41-35(17-21-54(27-31)28-32)34-15-9-10-16-38(34)52-41)37-24-36-39(25-40(37)60-5)53(4)43-48(36)19-22-55-20-12-18-47(8-2,42(48)55)44(62-30(3)56)50(43,59)29-51-46(58)63-33-13-11-14-33/h9-10,12,15-16,18,23-25,32-33,42-44,52,59H,7-8,11,13-14,17,19-22,26-29H2,1-6H3,(H,51,58)/t32-,42-,43+,44+,47+,48+,49-,50+/m0/s1. The summed E-state index contributed by atoms with van der Waals surface area (Å²) in [4.78, 5) is 53.1. The second-order valence-electron chi connectivity index (χ2n) is 19.5. The summed E-state index contributed by atoms with van der Waals surface area (Å²) in [6, 6.07) is 11.7. The molecule has 13 heteroatoms. The number of nitrogens with one attached hydrogen (secondary N) is 2. The van der Waals surface area contributed by atoms with Crippen molar-refractivity contribution in [1.29, 1.82) is 0 Å². The molecule has 1 unspecified atom stereocenters. The van der Waals surface area contributed by atoms with Crippen molar-refractivity contribution < 1.29 is 38.4 Å². The number of likely N-dealkylation sites (N-methyl/N-ethyl adjacent to an activating group) is 1. The quantitative estimate of drug-likeness (QED) is 0.134. The molecule has 0 radical (unpaired) electrons. The number of amides is 1. The van der Waals surface area contributed by atoms with E-state index in [-0.39, 0.29) is 30.6 Å². The van der Waals surface area contributed by atoms with E-state index >= 15 is 4.79 Å². The van der Waals surface area contributed by atoms with Crippen LogP contribution >= 0.6 is 0 Å². The van der Waals surface area contributed by atoms with E-state index < -0.39 is 46.1 Å². The Labute approximate surface area is 370 Å². The zero-order valence-electron chi connectivity index (χ0n) is 37.6. The molecule has 1 saturated heterocycles. The fraction of sp³-hybridized carbons (Fsp3) is 0.580. The molecule has 2 aromatic carbocycles. The van der Waals surface area contributed by atoms with E-state index in [1.54, 1.807) is 7.11 Å². The van der Waals surface area contributed by atoms with E-state index in [4.69, 9.17) is 18.9 Å². The predicted octanol–water partition coefficient (Wildman–Crippen LogP) is 5.90. The Kier molecular flexibility index (Phi) is 10.3. The highest BCUT2D eigenvalue weighted by molar-refractivity contribution is 5.94. The lowest BCUT2D eigenvalue weighted by atomic mass is 9.47. The van der Waals surface area contributed by atoms with E-state index in [0.717, 1.165) is 97.3 Å². The van der Waals surface area contributed by atoms with Gasteiger partial charge in [-0.3, -0.25) is 19.4 Å². The van der Waals surface area contributed by atoms with Gasteiger partial charge in [0, 0.05) is 90.9 Å². The number of carbonyl (C=O) groups excluding carboxylic acids is 3. The smallest absolute Gasteiger partial charge is 0.407 e. The average Bonchev–Trinajstić information content (AvgIpc) is 3.93. The number of aliphatic hydroxyl groups is 1. The van der Waals surface area contributed by atoms with Crippen LogP contribution in [-0.4, -0.2) is 128 Å². The fourth-order valence-electron chi connectivity index (χ4n) is 13.9. The number of hydrogen-bond donors (Lipinski definition) is 3. The minimum Gasteiger partial charge on any atom is -0.496 e. The largest absolute Gasteiger partial charge is 0.496 e. The number of aromatic nitrogens is 1. The maximum absolute atomic E-state index is 15.4. The van der Waals surface area contributed by atoms with Crippen LogP contribution in [0.15, 0.2) is 60.2 Å². The summed E-state index contributed by atoms with van der Waals surface area (Å²) in [6.45, 7) is 9.50. The first-order valence-electron chi connectivity index (χ1n) is 23.2. The second-order valence-corrected chi connectivity index (χ2v) is 19.5. The number of anilines is 1. The van der Waals surface area contributed by atoms with Gasteiger partial charge in [0.05, 0.1) is 26.8 Å². The molecule has 1 spiro atoms. The summed E-state index contributed by atoms with van der Waals surface area (Å²) < 4.78 is 24.6. The molecule has 1 amide bonds. The lowest BCUT2D eigenvalue weighted by molar-refractivity contribution is -0.217. The first-order valence-corrected chi connectivity index (χ1v) is 23.2. The lowest BCUT2D eigenvalue weighted by Gasteiger charge is -2.64. The zero-order chi connectivity index (χ0) is 44.1. The summed E-state index contributed by atoms with van der Waals surface area (Å²) in [5, 5.41) is 17.9. The Morgan fingerprint density at radius 2 is 1.84 bits per heavy atom. The van der Waals surface area contributed by atoms with Gasteiger partial charge in [0.25, 0.3) is 0 Å². The molecule has 2 bridgehead atoms. The van der Waals surface area contributed by atoms with Crippen LogP contribution in [0.2, 0.25) is 0 Å². The van der Waals surface area contributed by atoms with E-state index in [1.165, 1.54) is 19.6 Å². The molecule has 3 aromatic rings. The number of esters is 2. The monoisotopic (exact) mass is 861 g/mol. The van der Waals surface area contributed by atoms with Gasteiger partial charge < -0.3 is 39.3 Å². The number of ether oxygens (including phenoxy) is 4. The number of fused-ring (bicyclic) bond motifs is 6. The van der Waals surface area contributed by atoms with Crippen LogP contribution in [0, 0.1) is 11.3 Å². The molecule has 63 heavy (non-hydrogen) atoms. The molecule has 1 aromatic heterocycles. The molecule has 5 aliphatic heterocycles. The Bertz CT molecular complexity index is 2410. The molecular formula is C50H63N5O8. The number of hydrogen-bond acceptors (Lipinski definition) is 11. The third-order valence-electron chi connectivity index (χ3n) is 16.5. The van der Waals surface area contributed by atoms with Crippen molar-refractivity contribution >= 4 is 34.6 Å². The minimum absolute atomic E-state index is 0.0323. The number of nitrogens with zero attached hydrogens (tertiary/aromatic N) is 3. The Hall–Kier alpha value is -4.85. The summed E-state index contributed by atoms with van der Waals surface area (Å²) in [7, 11) is 5.13. The summed E-state index contributed by atoms with van der Waals surface area (Å²) in [5.41, 5.74) is 2.11. The Morgan fingerprint density at radius 1 is 1.03 bits per heavy atom. The van der Waals surface area contributed by atoms with Crippen LogP contribution in [0.25, 0.3) is 10.9 Å². The van der Waals surface area contributed by atoms with Gasteiger partial charge in [-0.25, -0.2) is 4.79 Å². The van der Waals surface area contributed by atoms with Crippen LogP contribution in [0.5, 0.6) is 5.75 Å². The van der Waals surface area contributed by atoms with E-state index in [2.05, 4.69) is 81.3 Å². The van der Waals surface area contributed by atoms with Crippen molar-refractivity contribution in [1.82, 2.24) is 20.1 Å². The van der Waals surface area contributed by atoms with Gasteiger partial charge in [0.15, 0.2) is 0 Å². The summed E-state index contributed by atoms with van der Waals surface area (Å²) in [6.07, 6.45) is 10.9. The molecule has 9 atom stereocenters. The first-order chi connectivity index (χ1) is 30.4. The van der Waals surface area contributed by atoms with Gasteiger partial charge in [0.2, 0.25) is 0 Å². The SMILES string of the molecule is CCC1=C[C@@H]2CN(CCc3c([nH]c4ccccc34)[C@@](C(=O)OC)(c3cc4c(cc3OC)N(C)[C@H]3[C@](O)(CNC(=O)OC5CCC5)[C@H](OC(C)=O)[C@]5(CC)C=CCN6CC[C@]43[C@@H]65)C2)C1. The molecule has 6 heterocycles. The molecule has 10 rings (SSSR count). The number of carbonyl (C=O) groups is 3. The van der Waals surface area contributed by atoms with E-state index in [9.17, 15) is 14.7 Å². The number of rotatable bonds is 9. The maximum atomic E-state index is 15.4. The lowest BCUT2D eigenvalue weighted by Crippen LogP contribution is -2.81. The van der Waals surface area contributed by atoms with Gasteiger partial charge >= 0.3 is 18.0 Å². The van der Waals surface area contributed by atoms with Crippen LogP contribution in [0.1, 0.15) is 88.1 Å². The van der Waals surface area contributed by atoms with Crippen molar-refractivity contribution in [2.24, 2.45) is 11.3 Å². The number of alkyl carbamates (subject to hydrolysis) is 1. The number of methoxy groups -OCH3 is 2. The van der Waals surface area contributed by atoms with Crippen LogP contribution in [0.4, 0.5) is 10.5 Å². The highest BCUT2D eigenvalue weighted by Gasteiger charge is 2.78. The second kappa shape index (κ2) is 15.4. The van der Waals surface area contributed by atoms with E-state index in [0.29, 0.717) is 31.6 Å². The first kappa shape index (κ1) is 42.1. The predicted molar refractivity (Wildman–Crippen MR) is 239 cm³/mol. The molecule has 336 valence electrons. The molecular weight excluding hydrogens is 799 g/mol. The van der Waals surface area contributed by atoms with Crippen molar-refractivity contribution in [2.45, 2.75) is 113 Å². The number of H-pyrrole nitrogens is 1. The van der Waals surface area contributed by atoms with Crippen LogP contribution in [-0.2, 0) is 41.1 Å². The summed E-state index contributed by atoms with van der Waals surface area (Å²) >= 11 is 0. The number of benzene rings is 2. The third-order valence-corrected chi connectivity index (χ3v) is 16.5. The Balaban J connectivity index is 1.23. The van der Waals surface area contributed by atoms with Crippen molar-refractivity contribution in [3.8, 4) is 5.75 Å². The normalized spacial score (nSPS) is 34.2. The van der Waals surface area contributed by atoms with Crippen LogP contribution < -0.4 is 15.0 Å². The molecule has 3 N–H and O–H groups in total. The van der Waals surface area contributed by atoms with Crippen LogP contribution in [0.3, 0.4) is 0 Å². The third kappa shape index (κ3) is 6.00. The van der Waals surface area contributed by atoms with E-state index in [1.807, 2.05) is 19.2 Å². The molecule has 13 nitrogen and oxygen atoms in total. The summed E-state index contributed by atoms with van der Waals surface area (Å²) in [5.74, 6) is -0.290. The highest BCUT2D eigenvalue weighted by atomic mass is 16.6. The maximum Gasteiger partial charge on any atom is 0.407 e. The molecule has 3 fully saturated rings. The minimum atomic E-state index is -1.80. The molecule has 7 aliphatic rings. The van der Waals surface area contributed by atoms with Gasteiger partial charge in [-0.2, -0.15) is 0 Å². The van der Waals surface area contributed by atoms with Crippen molar-refractivity contribution in [3.63, 3.8) is 0 Å². The number of para-hydroxylation sites is 1. The molecule has 2 aliphatic carbocycles. The Morgan fingerprint density at radius 3 is 2.56 bits per heavy atom. The topological polar surface area (TPSA) is 146 Å². The zero-order valence-corrected chi connectivity index (χ0v) is 37.6. The van der Waals surface area contributed by atoms with Gasteiger partial charge in [-0.1, -0.05) is 55.8 Å². The van der Waals surface area contributed by atoms with Gasteiger partial charge in [-0.05, 0) is 87.1 Å². The average molecular weight is 862 g/mol. The number of aromatic amines is 1. The van der Waals surface area contributed by atoms with Crippen molar-refractivity contribution in [2.75, 3.05) is 65.4 Å².